The Morgan fingerprint density at radius 1 is 1.33 bits per heavy atom. The van der Waals surface area contributed by atoms with Gasteiger partial charge in [0, 0.05) is 17.9 Å². The molecule has 0 radical (unpaired) electrons. The van der Waals surface area contributed by atoms with Crippen LogP contribution in [0.25, 0.3) is 6.08 Å². The first-order valence-corrected chi connectivity index (χ1v) is 6.05. The van der Waals surface area contributed by atoms with E-state index in [0.717, 1.165) is 23.0 Å². The zero-order chi connectivity index (χ0) is 13.0. The van der Waals surface area contributed by atoms with Crippen molar-refractivity contribution < 1.29 is 9.72 Å². The van der Waals surface area contributed by atoms with Crippen molar-refractivity contribution in [2.45, 2.75) is 0 Å². The summed E-state index contributed by atoms with van der Waals surface area (Å²) in [5, 5.41) is 14.2. The van der Waals surface area contributed by atoms with Crippen LogP contribution in [0, 0.1) is 10.1 Å². The summed E-state index contributed by atoms with van der Waals surface area (Å²) >= 11 is 1.15. The molecular weight excluding hydrogens is 254 g/mol. The standard InChI is InChI=1S/C11H9N3O3S/c15-11-13-12-9(7-18-11)4-1-8-2-5-10(6-3-8)14(16)17/h1-6H,7H2,(H,13,15). The van der Waals surface area contributed by atoms with E-state index in [1.165, 1.54) is 12.1 Å². The lowest BCUT2D eigenvalue weighted by Gasteiger charge is -2.07. The molecule has 2 rings (SSSR count). The molecule has 92 valence electrons. The molecule has 0 unspecified atom stereocenters. The number of allylic oxidation sites excluding steroid dienone is 1. The van der Waals surface area contributed by atoms with Crippen LogP contribution in [0.1, 0.15) is 5.56 Å². The Morgan fingerprint density at radius 3 is 2.61 bits per heavy atom. The fourth-order valence-electron chi connectivity index (χ4n) is 1.31. The molecule has 0 atom stereocenters. The fraction of sp³-hybridized carbons (Fsp3) is 0.0909. The number of nitro benzene ring substituents is 1. The number of non-ortho nitro benzene ring substituents is 1. The van der Waals surface area contributed by atoms with Gasteiger partial charge in [-0.2, -0.15) is 5.10 Å². The Morgan fingerprint density at radius 2 is 2.06 bits per heavy atom. The summed E-state index contributed by atoms with van der Waals surface area (Å²) in [5.41, 5.74) is 4.01. The number of hydrogen-bond acceptors (Lipinski definition) is 5. The second-order valence-corrected chi connectivity index (χ2v) is 4.42. The Hall–Kier alpha value is -2.15. The number of carbonyl (C=O) groups excluding carboxylic acids is 1. The second kappa shape index (κ2) is 5.46. The topological polar surface area (TPSA) is 84.6 Å². The average molecular weight is 263 g/mol. The van der Waals surface area contributed by atoms with E-state index in [4.69, 9.17) is 0 Å². The van der Waals surface area contributed by atoms with Crippen LogP contribution < -0.4 is 5.43 Å². The van der Waals surface area contributed by atoms with E-state index in [1.54, 1.807) is 24.3 Å². The number of hydrogen-bond donors (Lipinski definition) is 1. The van der Waals surface area contributed by atoms with E-state index in [1.807, 2.05) is 0 Å². The lowest BCUT2D eigenvalue weighted by atomic mass is 10.2. The summed E-state index contributed by atoms with van der Waals surface area (Å²) in [4.78, 5) is 20.9. The number of hydrazone groups is 1. The van der Waals surface area contributed by atoms with Gasteiger partial charge >= 0.3 is 0 Å². The van der Waals surface area contributed by atoms with Gasteiger partial charge in [0.25, 0.3) is 10.9 Å². The zero-order valence-corrected chi connectivity index (χ0v) is 10.0. The highest BCUT2D eigenvalue weighted by atomic mass is 32.2. The van der Waals surface area contributed by atoms with Crippen LogP contribution in [0.2, 0.25) is 0 Å². The van der Waals surface area contributed by atoms with Gasteiger partial charge in [0.2, 0.25) is 0 Å². The summed E-state index contributed by atoms with van der Waals surface area (Å²) in [6.45, 7) is 0. The van der Waals surface area contributed by atoms with Crippen molar-refractivity contribution in [3.05, 3.63) is 46.0 Å². The zero-order valence-electron chi connectivity index (χ0n) is 9.20. The van der Waals surface area contributed by atoms with Crippen LogP contribution >= 0.6 is 11.8 Å². The molecule has 1 aromatic rings. The smallest absolute Gasteiger partial charge is 0.260 e. The molecule has 1 aromatic carbocycles. The van der Waals surface area contributed by atoms with Crippen LogP contribution in [-0.2, 0) is 0 Å². The Bertz CT molecular complexity index is 537. The molecule has 0 saturated heterocycles. The number of nitrogens with one attached hydrogen (secondary N) is 1. The fourth-order valence-corrected chi connectivity index (χ4v) is 1.86. The molecule has 1 heterocycles. The molecule has 1 amide bonds. The van der Waals surface area contributed by atoms with Gasteiger partial charge in [-0.3, -0.25) is 14.9 Å². The van der Waals surface area contributed by atoms with E-state index >= 15 is 0 Å². The van der Waals surface area contributed by atoms with Gasteiger partial charge in [-0.25, -0.2) is 5.43 Å². The number of nitro groups is 1. The molecule has 1 aliphatic rings. The molecule has 0 saturated carbocycles. The molecule has 6 nitrogen and oxygen atoms in total. The van der Waals surface area contributed by atoms with Crippen molar-refractivity contribution in [1.29, 1.82) is 0 Å². The van der Waals surface area contributed by atoms with Crippen molar-refractivity contribution in [1.82, 2.24) is 5.43 Å². The second-order valence-electron chi connectivity index (χ2n) is 3.47. The Balaban J connectivity index is 2.05. The van der Waals surface area contributed by atoms with Gasteiger partial charge in [0.1, 0.15) is 0 Å². The maximum atomic E-state index is 10.8. The molecule has 0 spiro atoms. The number of nitrogens with zero attached hydrogens (tertiary/aromatic N) is 2. The molecule has 0 aromatic heterocycles. The summed E-state index contributed by atoms with van der Waals surface area (Å²) in [6, 6.07) is 6.20. The Labute approximate surface area is 107 Å². The van der Waals surface area contributed by atoms with Crippen LogP contribution in [0.15, 0.2) is 35.4 Å². The maximum absolute atomic E-state index is 10.8. The quantitative estimate of drug-likeness (QED) is 0.670. The number of thioether (sulfide) groups is 1. The molecule has 7 heteroatoms. The molecule has 0 aliphatic carbocycles. The minimum absolute atomic E-state index is 0.0602. The number of amides is 1. The highest BCUT2D eigenvalue weighted by Gasteiger charge is 2.09. The van der Waals surface area contributed by atoms with Gasteiger partial charge in [-0.15, -0.1) is 0 Å². The normalized spacial score (nSPS) is 15.3. The van der Waals surface area contributed by atoms with Crippen molar-refractivity contribution in [2.24, 2.45) is 5.10 Å². The number of rotatable bonds is 3. The molecule has 0 fully saturated rings. The van der Waals surface area contributed by atoms with E-state index in [2.05, 4.69) is 10.5 Å². The van der Waals surface area contributed by atoms with E-state index < -0.39 is 4.92 Å². The minimum Gasteiger partial charge on any atom is -0.260 e. The summed E-state index contributed by atoms with van der Waals surface area (Å²) < 4.78 is 0. The number of carbonyl (C=O) groups is 1. The first-order chi connectivity index (χ1) is 8.65. The largest absolute Gasteiger partial charge is 0.299 e. The van der Waals surface area contributed by atoms with Crippen molar-refractivity contribution in [3.8, 4) is 0 Å². The monoisotopic (exact) mass is 263 g/mol. The highest BCUT2D eigenvalue weighted by molar-refractivity contribution is 8.14. The van der Waals surface area contributed by atoms with Gasteiger partial charge in [-0.1, -0.05) is 17.8 Å². The van der Waals surface area contributed by atoms with E-state index in [0.29, 0.717) is 5.75 Å². The summed E-state index contributed by atoms with van der Waals surface area (Å²) in [7, 11) is 0. The predicted octanol–water partition coefficient (Wildman–Crippen LogP) is 2.42. The first kappa shape index (κ1) is 12.3. The van der Waals surface area contributed by atoms with Gasteiger partial charge < -0.3 is 0 Å². The highest BCUT2D eigenvalue weighted by Crippen LogP contribution is 2.14. The van der Waals surface area contributed by atoms with Crippen molar-refractivity contribution >= 4 is 34.5 Å². The van der Waals surface area contributed by atoms with Crippen LogP contribution in [0.5, 0.6) is 0 Å². The Kier molecular flexibility index (Phi) is 3.73. The first-order valence-electron chi connectivity index (χ1n) is 5.07. The minimum atomic E-state index is -0.440. The molecule has 18 heavy (non-hydrogen) atoms. The molecule has 1 N–H and O–H groups in total. The van der Waals surface area contributed by atoms with Crippen LogP contribution in [0.3, 0.4) is 0 Å². The van der Waals surface area contributed by atoms with Gasteiger partial charge in [0.15, 0.2) is 0 Å². The third-order valence-corrected chi connectivity index (χ3v) is 3.01. The third kappa shape index (κ3) is 3.17. The molecule has 1 aliphatic heterocycles. The van der Waals surface area contributed by atoms with Gasteiger partial charge in [0.05, 0.1) is 10.6 Å². The van der Waals surface area contributed by atoms with Crippen LogP contribution in [0.4, 0.5) is 10.5 Å². The van der Waals surface area contributed by atoms with Crippen LogP contribution in [-0.4, -0.2) is 21.6 Å². The van der Waals surface area contributed by atoms with E-state index in [9.17, 15) is 14.9 Å². The lowest BCUT2D eigenvalue weighted by molar-refractivity contribution is -0.384. The third-order valence-electron chi connectivity index (χ3n) is 2.21. The SMILES string of the molecule is O=C1NN=C(C=Cc2ccc([N+](=O)[O-])cc2)CS1. The lowest BCUT2D eigenvalue weighted by Crippen LogP contribution is -2.21. The van der Waals surface area contributed by atoms with E-state index in [-0.39, 0.29) is 10.9 Å². The van der Waals surface area contributed by atoms with Crippen molar-refractivity contribution in [2.75, 3.05) is 5.75 Å². The average Bonchev–Trinajstić information content (AvgIpc) is 2.38. The summed E-state index contributed by atoms with van der Waals surface area (Å²) in [5.74, 6) is 0.523. The summed E-state index contributed by atoms with van der Waals surface area (Å²) in [6.07, 6.45) is 3.56. The molecule has 0 bridgehead atoms. The predicted molar refractivity (Wildman–Crippen MR) is 70.6 cm³/mol. The maximum Gasteiger partial charge on any atom is 0.299 e. The van der Waals surface area contributed by atoms with Gasteiger partial charge in [-0.05, 0) is 23.8 Å². The van der Waals surface area contributed by atoms with Crippen molar-refractivity contribution in [3.63, 3.8) is 0 Å². The molecular formula is C11H9N3O3S. The number of benzene rings is 1.